The fraction of sp³-hybridized carbons (Fsp3) is 0. The zero-order valence-electron chi connectivity index (χ0n) is 10.2. The van der Waals surface area contributed by atoms with E-state index in [0.717, 1.165) is 16.8 Å². The Kier molecular flexibility index (Phi) is 3.19. The van der Waals surface area contributed by atoms with E-state index in [4.69, 9.17) is 4.52 Å². The van der Waals surface area contributed by atoms with Gasteiger partial charge in [-0.05, 0) is 5.56 Å². The summed E-state index contributed by atoms with van der Waals surface area (Å²) in [6, 6.07) is 21.6. The lowest BCUT2D eigenvalue weighted by atomic mass is 10.2. The Morgan fingerprint density at radius 2 is 1.58 bits per heavy atom. The summed E-state index contributed by atoms with van der Waals surface area (Å²) < 4.78 is 5.19. The Labute approximate surface area is 111 Å². The molecule has 0 radical (unpaired) electrons. The highest BCUT2D eigenvalue weighted by molar-refractivity contribution is 5.81. The average molecular weight is 248 g/mol. The Hall–Kier alpha value is -2.68. The van der Waals surface area contributed by atoms with E-state index in [9.17, 15) is 0 Å². The maximum atomic E-state index is 5.19. The third-order valence-electron chi connectivity index (χ3n) is 2.71. The molecule has 3 heteroatoms. The lowest BCUT2D eigenvalue weighted by Crippen LogP contribution is -1.76. The smallest absolute Gasteiger partial charge is 0.251 e. The molecule has 3 nitrogen and oxygen atoms in total. The predicted molar refractivity (Wildman–Crippen MR) is 75.6 cm³/mol. The molecule has 0 saturated carbocycles. The Bertz CT molecular complexity index is 672. The summed E-state index contributed by atoms with van der Waals surface area (Å²) in [5, 5.41) is 4.01. The maximum Gasteiger partial charge on any atom is 0.251 e. The summed E-state index contributed by atoms with van der Waals surface area (Å²) in [4.78, 5) is 4.27. The van der Waals surface area contributed by atoms with Gasteiger partial charge in [-0.2, -0.15) is 0 Å². The van der Waals surface area contributed by atoms with Crippen LogP contribution in [0.5, 0.6) is 0 Å². The van der Waals surface area contributed by atoms with Gasteiger partial charge in [-0.25, -0.2) is 4.99 Å². The molecule has 19 heavy (non-hydrogen) atoms. The third-order valence-corrected chi connectivity index (χ3v) is 2.71. The van der Waals surface area contributed by atoms with Crippen molar-refractivity contribution in [2.45, 2.75) is 0 Å². The highest BCUT2D eigenvalue weighted by Gasteiger charge is 2.04. The summed E-state index contributed by atoms with van der Waals surface area (Å²) in [6.07, 6.45) is 1.76. The first-order valence-corrected chi connectivity index (χ1v) is 6.03. The fourth-order valence-electron chi connectivity index (χ4n) is 1.75. The number of hydrogen-bond donors (Lipinski definition) is 0. The first-order valence-electron chi connectivity index (χ1n) is 6.03. The Morgan fingerprint density at radius 1 is 0.895 bits per heavy atom. The van der Waals surface area contributed by atoms with E-state index in [1.165, 1.54) is 0 Å². The first-order chi connectivity index (χ1) is 9.42. The molecule has 0 spiro atoms. The van der Waals surface area contributed by atoms with Crippen LogP contribution in [0.4, 0.5) is 5.88 Å². The van der Waals surface area contributed by atoms with E-state index >= 15 is 0 Å². The van der Waals surface area contributed by atoms with Crippen molar-refractivity contribution in [2.75, 3.05) is 0 Å². The molecule has 0 amide bonds. The van der Waals surface area contributed by atoms with Gasteiger partial charge >= 0.3 is 0 Å². The normalized spacial score (nSPS) is 10.9. The minimum Gasteiger partial charge on any atom is -0.336 e. The molecule has 0 saturated heterocycles. The van der Waals surface area contributed by atoms with Crippen LogP contribution in [0.1, 0.15) is 5.56 Å². The van der Waals surface area contributed by atoms with Crippen LogP contribution in [-0.2, 0) is 0 Å². The lowest BCUT2D eigenvalue weighted by Gasteiger charge is -1.91. The van der Waals surface area contributed by atoms with Gasteiger partial charge in [-0.1, -0.05) is 65.8 Å². The summed E-state index contributed by atoms with van der Waals surface area (Å²) in [5.41, 5.74) is 2.84. The minimum atomic E-state index is 0.503. The number of aromatic nitrogens is 1. The second kappa shape index (κ2) is 5.31. The number of benzene rings is 2. The van der Waals surface area contributed by atoms with Crippen molar-refractivity contribution in [1.82, 2.24) is 5.16 Å². The second-order valence-electron chi connectivity index (χ2n) is 4.09. The minimum absolute atomic E-state index is 0.503. The molecule has 2 aromatic carbocycles. The van der Waals surface area contributed by atoms with Gasteiger partial charge in [0.25, 0.3) is 5.88 Å². The summed E-state index contributed by atoms with van der Waals surface area (Å²) in [7, 11) is 0. The van der Waals surface area contributed by atoms with Gasteiger partial charge in [0.1, 0.15) is 5.69 Å². The number of nitrogens with zero attached hydrogens (tertiary/aromatic N) is 2. The van der Waals surface area contributed by atoms with Crippen LogP contribution in [0.25, 0.3) is 11.3 Å². The highest BCUT2D eigenvalue weighted by atomic mass is 16.5. The molecule has 0 atom stereocenters. The van der Waals surface area contributed by atoms with E-state index in [1.54, 1.807) is 6.21 Å². The molecular weight excluding hydrogens is 236 g/mol. The number of hydrogen-bond acceptors (Lipinski definition) is 3. The van der Waals surface area contributed by atoms with E-state index in [1.807, 2.05) is 66.7 Å². The standard InChI is InChI=1S/C16H12N2O/c1-3-7-13(8-4-1)12-17-16-11-15(18-19-16)14-9-5-2-6-10-14/h1-12H/b17-12+. The van der Waals surface area contributed by atoms with Crippen molar-refractivity contribution in [1.29, 1.82) is 0 Å². The quantitative estimate of drug-likeness (QED) is 0.655. The van der Waals surface area contributed by atoms with Crippen molar-refractivity contribution in [2.24, 2.45) is 4.99 Å². The first kappa shape index (κ1) is 11.4. The zero-order valence-corrected chi connectivity index (χ0v) is 10.2. The summed E-state index contributed by atoms with van der Waals surface area (Å²) in [5.74, 6) is 0.503. The molecule has 0 aliphatic carbocycles. The van der Waals surface area contributed by atoms with Crippen LogP contribution in [0.3, 0.4) is 0 Å². The van der Waals surface area contributed by atoms with Gasteiger partial charge in [0, 0.05) is 17.8 Å². The Balaban J connectivity index is 1.81. The van der Waals surface area contributed by atoms with Crippen molar-refractivity contribution in [3.05, 3.63) is 72.3 Å². The molecule has 0 unspecified atom stereocenters. The highest BCUT2D eigenvalue weighted by Crippen LogP contribution is 2.22. The molecule has 92 valence electrons. The van der Waals surface area contributed by atoms with E-state index in [2.05, 4.69) is 10.1 Å². The molecular formula is C16H12N2O. The molecule has 3 rings (SSSR count). The van der Waals surface area contributed by atoms with Crippen molar-refractivity contribution in [3.8, 4) is 11.3 Å². The molecule has 0 fully saturated rings. The van der Waals surface area contributed by atoms with Crippen LogP contribution in [0, 0.1) is 0 Å². The molecule has 0 N–H and O–H groups in total. The average Bonchev–Trinajstić information content (AvgIpc) is 2.96. The van der Waals surface area contributed by atoms with Gasteiger partial charge in [0.15, 0.2) is 0 Å². The van der Waals surface area contributed by atoms with Crippen molar-refractivity contribution < 1.29 is 4.52 Å². The molecule has 1 heterocycles. The van der Waals surface area contributed by atoms with Crippen LogP contribution in [-0.4, -0.2) is 11.4 Å². The van der Waals surface area contributed by atoms with E-state index in [-0.39, 0.29) is 0 Å². The largest absolute Gasteiger partial charge is 0.336 e. The zero-order chi connectivity index (χ0) is 12.9. The van der Waals surface area contributed by atoms with Crippen molar-refractivity contribution in [3.63, 3.8) is 0 Å². The third kappa shape index (κ3) is 2.77. The fourth-order valence-corrected chi connectivity index (χ4v) is 1.75. The molecule has 1 aromatic heterocycles. The molecule has 0 aliphatic heterocycles. The Morgan fingerprint density at radius 3 is 2.32 bits per heavy atom. The van der Waals surface area contributed by atoms with E-state index < -0.39 is 0 Å². The van der Waals surface area contributed by atoms with Gasteiger partial charge < -0.3 is 4.52 Å². The monoisotopic (exact) mass is 248 g/mol. The van der Waals surface area contributed by atoms with Crippen LogP contribution in [0.2, 0.25) is 0 Å². The van der Waals surface area contributed by atoms with Gasteiger partial charge in [-0.3, -0.25) is 0 Å². The summed E-state index contributed by atoms with van der Waals surface area (Å²) in [6.45, 7) is 0. The molecule has 0 aliphatic rings. The summed E-state index contributed by atoms with van der Waals surface area (Å²) >= 11 is 0. The van der Waals surface area contributed by atoms with Crippen molar-refractivity contribution >= 4 is 12.1 Å². The molecule has 3 aromatic rings. The topological polar surface area (TPSA) is 38.4 Å². The van der Waals surface area contributed by atoms with E-state index in [0.29, 0.717) is 5.88 Å². The van der Waals surface area contributed by atoms with Gasteiger partial charge in [0.2, 0.25) is 0 Å². The number of rotatable bonds is 3. The van der Waals surface area contributed by atoms with Crippen LogP contribution >= 0.6 is 0 Å². The van der Waals surface area contributed by atoms with Gasteiger partial charge in [0.05, 0.1) is 0 Å². The number of aliphatic imine (C=N–C) groups is 1. The predicted octanol–water partition coefficient (Wildman–Crippen LogP) is 4.09. The van der Waals surface area contributed by atoms with Crippen LogP contribution < -0.4 is 0 Å². The lowest BCUT2D eigenvalue weighted by molar-refractivity contribution is 0.433. The van der Waals surface area contributed by atoms with Gasteiger partial charge in [-0.15, -0.1) is 0 Å². The maximum absolute atomic E-state index is 5.19. The molecule has 0 bridgehead atoms. The van der Waals surface area contributed by atoms with Crippen LogP contribution in [0.15, 0.2) is 76.2 Å². The SMILES string of the molecule is C(=N\c1cc(-c2ccccc2)no1)/c1ccccc1. The second-order valence-corrected chi connectivity index (χ2v) is 4.09.